The first-order chi connectivity index (χ1) is 18.6. The lowest BCUT2D eigenvalue weighted by Crippen LogP contribution is -2.74. The van der Waals surface area contributed by atoms with Crippen molar-refractivity contribution in [1.82, 2.24) is 4.90 Å². The van der Waals surface area contributed by atoms with Crippen LogP contribution in [0.15, 0.2) is 29.8 Å². The number of hydrogen-bond acceptors (Lipinski definition) is 9. The summed E-state index contributed by atoms with van der Waals surface area (Å²) < 4.78 is 23.3. The molecule has 2 bridgehead atoms. The average Bonchev–Trinajstić information content (AvgIpc) is 2.88. The lowest BCUT2D eigenvalue weighted by atomic mass is 9.50. The number of phenolic OH excluding ortho intramolecular Hbond substituents is 1. The molecule has 0 unspecified atom stereocenters. The molecule has 5 rings (SSSR count). The number of phenols is 1. The zero-order valence-corrected chi connectivity index (χ0v) is 23.2. The third kappa shape index (κ3) is 4.90. The van der Waals surface area contributed by atoms with Crippen molar-refractivity contribution >= 4 is 17.9 Å². The normalized spacial score (nSPS) is 33.3. The molecule has 2 heterocycles. The molecule has 1 aromatic rings. The summed E-state index contributed by atoms with van der Waals surface area (Å²) in [5.74, 6) is -1.17. The van der Waals surface area contributed by atoms with Gasteiger partial charge < -0.3 is 24.1 Å². The first-order valence-corrected chi connectivity index (χ1v) is 14.0. The Bertz CT molecular complexity index is 1160. The maximum Gasteiger partial charge on any atom is 0.306 e. The summed E-state index contributed by atoms with van der Waals surface area (Å²) in [7, 11) is 1.48. The van der Waals surface area contributed by atoms with Crippen molar-refractivity contribution in [2.24, 2.45) is 17.8 Å². The van der Waals surface area contributed by atoms with Crippen LogP contribution in [0.2, 0.25) is 0 Å². The monoisotopic (exact) mass is 541 g/mol. The molecular weight excluding hydrogens is 502 g/mol. The van der Waals surface area contributed by atoms with E-state index in [-0.39, 0.29) is 47.4 Å². The molecule has 4 aliphatic rings. The third-order valence-corrected chi connectivity index (χ3v) is 9.10. The predicted molar refractivity (Wildman–Crippen MR) is 141 cm³/mol. The molecule has 39 heavy (non-hydrogen) atoms. The zero-order chi connectivity index (χ0) is 27.9. The Morgan fingerprint density at radius 1 is 1.05 bits per heavy atom. The van der Waals surface area contributed by atoms with Gasteiger partial charge in [-0.25, -0.2) is 0 Å². The Labute approximate surface area is 229 Å². The van der Waals surface area contributed by atoms with E-state index in [1.54, 1.807) is 18.2 Å². The number of benzene rings is 1. The van der Waals surface area contributed by atoms with Crippen molar-refractivity contribution < 1.29 is 38.4 Å². The maximum absolute atomic E-state index is 13.3. The van der Waals surface area contributed by atoms with E-state index in [2.05, 4.69) is 17.9 Å². The van der Waals surface area contributed by atoms with Crippen LogP contribution in [0.4, 0.5) is 0 Å². The fourth-order valence-electron chi connectivity index (χ4n) is 7.83. The molecule has 7 atom stereocenters. The molecule has 2 saturated carbocycles. The second-order valence-electron chi connectivity index (χ2n) is 11.4. The molecule has 1 spiro atoms. The van der Waals surface area contributed by atoms with Gasteiger partial charge in [-0.05, 0) is 67.8 Å². The highest BCUT2D eigenvalue weighted by molar-refractivity contribution is 5.71. The maximum atomic E-state index is 13.3. The second kappa shape index (κ2) is 10.8. The first kappa shape index (κ1) is 27.5. The van der Waals surface area contributed by atoms with E-state index in [0.717, 1.165) is 44.3 Å². The number of ether oxygens (including phenoxy) is 4. The number of nitrogens with zero attached hydrogens (tertiary/aromatic N) is 1. The van der Waals surface area contributed by atoms with Gasteiger partial charge in [0.15, 0.2) is 11.5 Å². The van der Waals surface area contributed by atoms with Crippen molar-refractivity contribution in [3.63, 3.8) is 0 Å². The molecular formula is C30H39NO8. The summed E-state index contributed by atoms with van der Waals surface area (Å²) in [4.78, 5) is 40.5. The van der Waals surface area contributed by atoms with Crippen LogP contribution >= 0.6 is 0 Å². The van der Waals surface area contributed by atoms with Gasteiger partial charge in [-0.2, -0.15) is 0 Å². The van der Waals surface area contributed by atoms with Gasteiger partial charge in [-0.15, -0.1) is 0 Å². The highest BCUT2D eigenvalue weighted by Gasteiger charge is 2.67. The van der Waals surface area contributed by atoms with E-state index in [9.17, 15) is 19.5 Å². The van der Waals surface area contributed by atoms with E-state index < -0.39 is 24.3 Å². The quantitative estimate of drug-likeness (QED) is 0.315. The number of carbonyl (C=O) groups is 3. The first-order valence-electron chi connectivity index (χ1n) is 14.0. The number of rotatable bonds is 7. The van der Waals surface area contributed by atoms with Crippen LogP contribution in [-0.4, -0.2) is 72.0 Å². The van der Waals surface area contributed by atoms with Gasteiger partial charge >= 0.3 is 17.9 Å². The lowest BCUT2D eigenvalue weighted by molar-refractivity contribution is -0.221. The van der Waals surface area contributed by atoms with E-state index >= 15 is 0 Å². The number of carbonyl (C=O) groups excluding carboxylic acids is 3. The van der Waals surface area contributed by atoms with Crippen molar-refractivity contribution in [2.75, 3.05) is 20.2 Å². The van der Waals surface area contributed by atoms with Gasteiger partial charge in [0.05, 0.1) is 13.0 Å². The van der Waals surface area contributed by atoms with Crippen LogP contribution in [0.25, 0.3) is 0 Å². The third-order valence-electron chi connectivity index (χ3n) is 9.10. The molecule has 0 aromatic heterocycles. The van der Waals surface area contributed by atoms with E-state index in [1.165, 1.54) is 26.5 Å². The minimum Gasteiger partial charge on any atom is -0.504 e. The SMILES string of the molecule is COc1cc(CCC(=O)O[C@@H]2[C@@H](OC(C)=O)[C@H]3C4=CCCN5CCC[C@H]2[C@@]45C[C@H](C)[C@H]3OC(C)=O)ccc1O. The Morgan fingerprint density at radius 3 is 2.51 bits per heavy atom. The van der Waals surface area contributed by atoms with Gasteiger partial charge in [0.2, 0.25) is 0 Å². The molecule has 9 nitrogen and oxygen atoms in total. The van der Waals surface area contributed by atoms with Gasteiger partial charge in [-0.1, -0.05) is 19.1 Å². The number of esters is 3. The summed E-state index contributed by atoms with van der Waals surface area (Å²) in [6, 6.07) is 5.00. The number of piperidine rings is 1. The number of methoxy groups -OCH3 is 1. The Morgan fingerprint density at radius 2 is 1.79 bits per heavy atom. The van der Waals surface area contributed by atoms with Crippen molar-refractivity contribution in [3.8, 4) is 11.5 Å². The summed E-state index contributed by atoms with van der Waals surface area (Å²) >= 11 is 0. The van der Waals surface area contributed by atoms with Gasteiger partial charge in [-0.3, -0.25) is 19.3 Å². The van der Waals surface area contributed by atoms with Gasteiger partial charge in [0.1, 0.15) is 18.3 Å². The highest BCUT2D eigenvalue weighted by Crippen LogP contribution is 2.60. The minimum absolute atomic E-state index is 0.0307. The number of hydrogen-bond donors (Lipinski definition) is 1. The van der Waals surface area contributed by atoms with Crippen LogP contribution in [0, 0.1) is 17.8 Å². The van der Waals surface area contributed by atoms with Crippen LogP contribution in [-0.2, 0) is 35.0 Å². The minimum atomic E-state index is -0.741. The summed E-state index contributed by atoms with van der Waals surface area (Å²) in [5.41, 5.74) is 1.71. The van der Waals surface area contributed by atoms with Gasteiger partial charge in [0, 0.05) is 38.3 Å². The molecule has 3 fully saturated rings. The van der Waals surface area contributed by atoms with E-state index in [1.807, 2.05) is 0 Å². The summed E-state index contributed by atoms with van der Waals surface area (Å²) in [6.07, 6.45) is 4.44. The summed E-state index contributed by atoms with van der Waals surface area (Å²) in [5, 5.41) is 9.88. The zero-order valence-electron chi connectivity index (χ0n) is 23.2. The molecule has 1 N–H and O–H groups in total. The Balaban J connectivity index is 1.47. The fourth-order valence-corrected chi connectivity index (χ4v) is 7.83. The van der Waals surface area contributed by atoms with Crippen molar-refractivity contribution in [2.45, 2.75) is 83.1 Å². The molecule has 2 aliphatic carbocycles. The predicted octanol–water partition coefficient (Wildman–Crippen LogP) is 3.56. The molecule has 0 radical (unpaired) electrons. The molecule has 9 heteroatoms. The van der Waals surface area contributed by atoms with Crippen LogP contribution in [0.3, 0.4) is 0 Å². The Hall–Kier alpha value is -3.07. The fraction of sp³-hybridized carbons (Fsp3) is 0.633. The lowest BCUT2D eigenvalue weighted by Gasteiger charge is -2.66. The smallest absolute Gasteiger partial charge is 0.306 e. The van der Waals surface area contributed by atoms with Crippen molar-refractivity contribution in [3.05, 3.63) is 35.4 Å². The van der Waals surface area contributed by atoms with Crippen LogP contribution in [0.1, 0.15) is 58.4 Å². The molecule has 0 amide bonds. The van der Waals surface area contributed by atoms with E-state index in [0.29, 0.717) is 12.2 Å². The van der Waals surface area contributed by atoms with Crippen LogP contribution < -0.4 is 4.74 Å². The van der Waals surface area contributed by atoms with Crippen molar-refractivity contribution in [1.29, 1.82) is 0 Å². The molecule has 2 aliphatic heterocycles. The summed E-state index contributed by atoms with van der Waals surface area (Å²) in [6.45, 7) is 6.77. The topological polar surface area (TPSA) is 112 Å². The molecule has 212 valence electrons. The standard InChI is InChI=1S/C30H39NO8/c1-17-16-30-21-7-5-13-31(30)14-6-8-22(30)28(29(38-19(3)33)26(21)27(17)37-18(2)32)39-25(35)12-10-20-9-11-23(34)24(15-20)36-4/h7,9,11,15,17,22,26-29,34H,5-6,8,10,12-14,16H2,1-4H3/t17-,22+,26-,27+,28-,29-,30+/m0/s1. The average molecular weight is 542 g/mol. The van der Waals surface area contributed by atoms with Gasteiger partial charge in [0.25, 0.3) is 0 Å². The largest absolute Gasteiger partial charge is 0.504 e. The second-order valence-corrected chi connectivity index (χ2v) is 11.4. The molecule has 1 saturated heterocycles. The highest BCUT2D eigenvalue weighted by atomic mass is 16.6. The molecule has 1 aromatic carbocycles. The van der Waals surface area contributed by atoms with E-state index in [4.69, 9.17) is 18.9 Å². The Kier molecular flexibility index (Phi) is 7.64. The van der Waals surface area contributed by atoms with Crippen LogP contribution in [0.5, 0.6) is 11.5 Å². The number of aromatic hydroxyl groups is 1. The number of aryl methyl sites for hydroxylation is 1.